The van der Waals surface area contributed by atoms with E-state index < -0.39 is 0 Å². The zero-order chi connectivity index (χ0) is 19.8. The van der Waals surface area contributed by atoms with Gasteiger partial charge in [0.1, 0.15) is 0 Å². The Bertz CT molecular complexity index is 940. The lowest BCUT2D eigenvalue weighted by Gasteiger charge is -2.07. The lowest BCUT2D eigenvalue weighted by molar-refractivity contribution is 0.101. The van der Waals surface area contributed by atoms with Crippen LogP contribution in [-0.4, -0.2) is 28.2 Å². The first-order valence-electron chi connectivity index (χ1n) is 9.14. The number of Topliss-reactive ketones (excluding diaryl/α,β-unsaturated/α-hetero) is 1. The minimum absolute atomic E-state index is 0.0536. The molecule has 0 aliphatic heterocycles. The molecule has 0 atom stereocenters. The van der Waals surface area contributed by atoms with Crippen molar-refractivity contribution in [2.24, 2.45) is 0 Å². The second-order valence-corrected chi connectivity index (χ2v) is 6.40. The van der Waals surface area contributed by atoms with E-state index in [2.05, 4.69) is 32.7 Å². The number of rotatable bonds is 8. The van der Waals surface area contributed by atoms with Crippen LogP contribution < -0.4 is 10.6 Å². The highest BCUT2D eigenvalue weighted by Gasteiger charge is 2.09. The fraction of sp³-hybridized carbons (Fsp3) is 0.182. The first kappa shape index (κ1) is 19.2. The Hall–Kier alpha value is -3.54. The third kappa shape index (κ3) is 5.48. The van der Waals surface area contributed by atoms with E-state index in [0.29, 0.717) is 22.8 Å². The predicted molar refractivity (Wildman–Crippen MR) is 110 cm³/mol. The molecule has 0 radical (unpaired) electrons. The van der Waals surface area contributed by atoms with E-state index in [1.54, 1.807) is 24.3 Å². The molecule has 0 unspecified atom stereocenters. The van der Waals surface area contributed by atoms with Crippen molar-refractivity contribution in [2.45, 2.75) is 19.8 Å². The van der Waals surface area contributed by atoms with Gasteiger partial charge in [0.2, 0.25) is 5.95 Å². The summed E-state index contributed by atoms with van der Waals surface area (Å²) < 4.78 is 0. The van der Waals surface area contributed by atoms with E-state index in [1.807, 2.05) is 18.2 Å². The molecule has 0 aliphatic rings. The van der Waals surface area contributed by atoms with E-state index in [-0.39, 0.29) is 11.7 Å². The van der Waals surface area contributed by atoms with Crippen molar-refractivity contribution in [3.8, 4) is 0 Å². The smallest absolute Gasteiger partial charge is 0.258 e. The van der Waals surface area contributed by atoms with E-state index in [1.165, 1.54) is 24.9 Å². The largest absolute Gasteiger partial charge is 0.354 e. The summed E-state index contributed by atoms with van der Waals surface area (Å²) in [4.78, 5) is 32.2. The maximum Gasteiger partial charge on any atom is 0.258 e. The van der Waals surface area contributed by atoms with Crippen LogP contribution in [0.4, 0.5) is 11.6 Å². The molecule has 1 amide bonds. The summed E-state index contributed by atoms with van der Waals surface area (Å²) in [5.41, 5.74) is 2.75. The van der Waals surface area contributed by atoms with Gasteiger partial charge in [-0.05, 0) is 37.5 Å². The Morgan fingerprint density at radius 3 is 2.39 bits per heavy atom. The summed E-state index contributed by atoms with van der Waals surface area (Å²) in [6, 6.07) is 17.1. The molecule has 1 heterocycles. The van der Waals surface area contributed by atoms with Crippen molar-refractivity contribution < 1.29 is 9.59 Å². The van der Waals surface area contributed by atoms with Gasteiger partial charge >= 0.3 is 0 Å². The van der Waals surface area contributed by atoms with Crippen LogP contribution in [0.25, 0.3) is 0 Å². The Kier molecular flexibility index (Phi) is 6.46. The van der Waals surface area contributed by atoms with Crippen molar-refractivity contribution in [3.63, 3.8) is 0 Å². The predicted octanol–water partition coefficient (Wildman–Crippen LogP) is 3.98. The van der Waals surface area contributed by atoms with Crippen LogP contribution in [0.5, 0.6) is 0 Å². The fourth-order valence-electron chi connectivity index (χ4n) is 2.69. The topological polar surface area (TPSA) is 84.0 Å². The van der Waals surface area contributed by atoms with Gasteiger partial charge in [0, 0.05) is 30.2 Å². The number of aromatic nitrogens is 2. The zero-order valence-corrected chi connectivity index (χ0v) is 15.7. The van der Waals surface area contributed by atoms with Crippen molar-refractivity contribution in [2.75, 3.05) is 17.2 Å². The van der Waals surface area contributed by atoms with Gasteiger partial charge in [-0.15, -0.1) is 0 Å². The number of ketones is 1. The standard InChI is InChI=1S/C22H22N4O2/c1-16(27)18-10-5-11-20(13-18)26-21(28)19-14-24-22(25-15-19)23-12-6-9-17-7-3-2-4-8-17/h2-5,7-8,10-11,13-15H,6,9,12H2,1H3,(H,26,28)(H,23,24,25). The number of carbonyl (C=O) groups excluding carboxylic acids is 2. The molecular weight excluding hydrogens is 352 g/mol. The minimum Gasteiger partial charge on any atom is -0.354 e. The van der Waals surface area contributed by atoms with E-state index in [4.69, 9.17) is 0 Å². The normalized spacial score (nSPS) is 10.3. The number of hydrogen-bond donors (Lipinski definition) is 2. The summed E-state index contributed by atoms with van der Waals surface area (Å²) in [5.74, 6) is 0.113. The van der Waals surface area contributed by atoms with Crippen LogP contribution in [0.3, 0.4) is 0 Å². The Balaban J connectivity index is 1.50. The average molecular weight is 374 g/mol. The maximum absolute atomic E-state index is 12.3. The van der Waals surface area contributed by atoms with Gasteiger partial charge in [-0.25, -0.2) is 9.97 Å². The van der Waals surface area contributed by atoms with Gasteiger partial charge in [0.15, 0.2) is 5.78 Å². The highest BCUT2D eigenvalue weighted by atomic mass is 16.1. The number of aryl methyl sites for hydroxylation is 1. The Morgan fingerprint density at radius 2 is 1.68 bits per heavy atom. The summed E-state index contributed by atoms with van der Waals surface area (Å²) in [5, 5.41) is 5.91. The molecule has 3 aromatic rings. The molecular formula is C22H22N4O2. The summed E-state index contributed by atoms with van der Waals surface area (Å²) >= 11 is 0. The number of nitrogens with one attached hydrogen (secondary N) is 2. The van der Waals surface area contributed by atoms with Gasteiger partial charge in [-0.1, -0.05) is 42.5 Å². The molecule has 0 saturated carbocycles. The minimum atomic E-state index is -0.323. The van der Waals surface area contributed by atoms with Crippen molar-refractivity contribution in [1.82, 2.24) is 9.97 Å². The molecule has 6 nitrogen and oxygen atoms in total. The van der Waals surface area contributed by atoms with Crippen LogP contribution in [0.15, 0.2) is 67.0 Å². The molecule has 3 rings (SSSR count). The number of amides is 1. The molecule has 0 fully saturated rings. The van der Waals surface area contributed by atoms with Gasteiger partial charge in [0.25, 0.3) is 5.91 Å². The molecule has 0 bridgehead atoms. The number of nitrogens with zero attached hydrogens (tertiary/aromatic N) is 2. The van der Waals surface area contributed by atoms with Gasteiger partial charge < -0.3 is 10.6 Å². The lowest BCUT2D eigenvalue weighted by atomic mass is 10.1. The molecule has 0 aliphatic carbocycles. The molecule has 0 spiro atoms. The van der Waals surface area contributed by atoms with Gasteiger partial charge in [0.05, 0.1) is 5.56 Å². The van der Waals surface area contributed by atoms with Gasteiger partial charge in [-0.2, -0.15) is 0 Å². The first-order chi connectivity index (χ1) is 13.6. The van der Waals surface area contributed by atoms with Crippen LogP contribution >= 0.6 is 0 Å². The Labute approximate surface area is 164 Å². The number of benzene rings is 2. The molecule has 2 aromatic carbocycles. The van der Waals surface area contributed by atoms with Crippen molar-refractivity contribution >= 4 is 23.3 Å². The van der Waals surface area contributed by atoms with E-state index in [9.17, 15) is 9.59 Å². The molecule has 6 heteroatoms. The molecule has 1 aromatic heterocycles. The van der Waals surface area contributed by atoms with Crippen LogP contribution in [0.2, 0.25) is 0 Å². The fourth-order valence-corrected chi connectivity index (χ4v) is 2.69. The lowest BCUT2D eigenvalue weighted by Crippen LogP contribution is -2.14. The monoisotopic (exact) mass is 374 g/mol. The number of anilines is 2. The van der Waals surface area contributed by atoms with Crippen LogP contribution in [-0.2, 0) is 6.42 Å². The summed E-state index contributed by atoms with van der Waals surface area (Å²) in [7, 11) is 0. The van der Waals surface area contributed by atoms with Crippen LogP contribution in [0, 0.1) is 0 Å². The second kappa shape index (κ2) is 9.41. The van der Waals surface area contributed by atoms with E-state index in [0.717, 1.165) is 19.4 Å². The zero-order valence-electron chi connectivity index (χ0n) is 15.7. The first-order valence-corrected chi connectivity index (χ1v) is 9.14. The van der Waals surface area contributed by atoms with Gasteiger partial charge in [-0.3, -0.25) is 9.59 Å². The maximum atomic E-state index is 12.3. The Morgan fingerprint density at radius 1 is 0.929 bits per heavy atom. The quantitative estimate of drug-likeness (QED) is 0.460. The molecule has 2 N–H and O–H groups in total. The average Bonchev–Trinajstić information content (AvgIpc) is 2.72. The summed E-state index contributed by atoms with van der Waals surface area (Å²) in [6.07, 6.45) is 4.91. The third-order valence-corrected chi connectivity index (χ3v) is 4.21. The summed E-state index contributed by atoms with van der Waals surface area (Å²) in [6.45, 7) is 2.23. The number of hydrogen-bond acceptors (Lipinski definition) is 5. The molecule has 0 saturated heterocycles. The highest BCUT2D eigenvalue weighted by Crippen LogP contribution is 2.13. The SMILES string of the molecule is CC(=O)c1cccc(NC(=O)c2cnc(NCCCc3ccccc3)nc2)c1. The second-order valence-electron chi connectivity index (χ2n) is 6.40. The van der Waals surface area contributed by atoms with E-state index >= 15 is 0 Å². The third-order valence-electron chi connectivity index (χ3n) is 4.21. The van der Waals surface area contributed by atoms with Crippen LogP contribution in [0.1, 0.15) is 39.6 Å². The highest BCUT2D eigenvalue weighted by molar-refractivity contribution is 6.04. The van der Waals surface area contributed by atoms with Crippen molar-refractivity contribution in [3.05, 3.63) is 83.7 Å². The van der Waals surface area contributed by atoms with Crippen molar-refractivity contribution in [1.29, 1.82) is 0 Å². The molecule has 28 heavy (non-hydrogen) atoms. The number of carbonyl (C=O) groups is 2. The molecule has 142 valence electrons.